The van der Waals surface area contributed by atoms with Crippen LogP contribution in [0.15, 0.2) is 42.5 Å². The van der Waals surface area contributed by atoms with Gasteiger partial charge in [-0.3, -0.25) is 9.59 Å². The molecule has 1 atom stereocenters. The molecule has 2 aromatic rings. The number of nitrogens with zero attached hydrogens (tertiary/aromatic N) is 1. The first-order chi connectivity index (χ1) is 13.4. The first kappa shape index (κ1) is 20.4. The van der Waals surface area contributed by atoms with E-state index in [1.54, 1.807) is 29.2 Å². The number of hydrogen-bond acceptors (Lipinski definition) is 3. The molecule has 0 radical (unpaired) electrons. The van der Waals surface area contributed by atoms with Gasteiger partial charge in [0.1, 0.15) is 6.54 Å². The van der Waals surface area contributed by atoms with E-state index in [2.05, 4.69) is 5.32 Å². The predicted molar refractivity (Wildman–Crippen MR) is 111 cm³/mol. The van der Waals surface area contributed by atoms with Crippen molar-refractivity contribution in [2.45, 2.75) is 32.8 Å². The number of anilines is 1. The fraction of sp³-hybridized carbons (Fsp3) is 0.364. The number of halogens is 1. The Kier molecular flexibility index (Phi) is 6.70. The van der Waals surface area contributed by atoms with Gasteiger partial charge in [-0.2, -0.15) is 0 Å². The van der Waals surface area contributed by atoms with Crippen LogP contribution in [0.25, 0.3) is 0 Å². The number of carbonyl (C=O) groups excluding carboxylic acids is 2. The van der Waals surface area contributed by atoms with Gasteiger partial charge in [0.25, 0.3) is 5.91 Å². The van der Waals surface area contributed by atoms with Crippen LogP contribution in [0.3, 0.4) is 0 Å². The predicted octanol–water partition coefficient (Wildman–Crippen LogP) is 4.22. The van der Waals surface area contributed by atoms with Gasteiger partial charge in [-0.1, -0.05) is 23.7 Å². The Morgan fingerprint density at radius 3 is 2.61 bits per heavy atom. The summed E-state index contributed by atoms with van der Waals surface area (Å²) in [4.78, 5) is 27.2. The standard InChI is InChI=1S/C22H25ClN2O3/c1-15-5-3-7-20(16(15)2)24-21(26)14-25(13-19-6-4-12-28-19)22(27)17-8-10-18(23)11-9-17/h3,5,7-11,19H,4,6,12-14H2,1-2H3,(H,24,26)/t19-/m0/s1. The Hall–Kier alpha value is -2.37. The number of carbonyl (C=O) groups is 2. The van der Waals surface area contributed by atoms with Crippen molar-refractivity contribution in [3.8, 4) is 0 Å². The molecule has 0 spiro atoms. The fourth-order valence-electron chi connectivity index (χ4n) is 3.28. The minimum absolute atomic E-state index is 0.0330. The lowest BCUT2D eigenvalue weighted by Gasteiger charge is -2.25. The average Bonchev–Trinajstić information content (AvgIpc) is 3.18. The van der Waals surface area contributed by atoms with E-state index in [4.69, 9.17) is 16.3 Å². The molecule has 5 nitrogen and oxygen atoms in total. The van der Waals surface area contributed by atoms with Crippen LogP contribution >= 0.6 is 11.6 Å². The molecule has 6 heteroatoms. The Bertz CT molecular complexity index is 845. The zero-order chi connectivity index (χ0) is 20.1. The lowest BCUT2D eigenvalue weighted by atomic mass is 10.1. The second-order valence-corrected chi connectivity index (χ2v) is 7.56. The van der Waals surface area contributed by atoms with E-state index >= 15 is 0 Å². The maximum atomic E-state index is 13.0. The third kappa shape index (κ3) is 5.12. The van der Waals surface area contributed by atoms with Crippen molar-refractivity contribution in [3.63, 3.8) is 0 Å². The molecule has 1 heterocycles. The van der Waals surface area contributed by atoms with Gasteiger partial charge in [0.05, 0.1) is 6.10 Å². The van der Waals surface area contributed by atoms with Gasteiger partial charge in [0, 0.05) is 29.4 Å². The summed E-state index contributed by atoms with van der Waals surface area (Å²) in [5, 5.41) is 3.49. The second kappa shape index (κ2) is 9.22. The van der Waals surface area contributed by atoms with Gasteiger partial charge >= 0.3 is 0 Å². The van der Waals surface area contributed by atoms with Crippen LogP contribution in [0.2, 0.25) is 5.02 Å². The first-order valence-corrected chi connectivity index (χ1v) is 9.84. The third-order valence-electron chi connectivity index (χ3n) is 5.04. The average molecular weight is 401 g/mol. The summed E-state index contributed by atoms with van der Waals surface area (Å²) in [6, 6.07) is 12.5. The summed E-state index contributed by atoms with van der Waals surface area (Å²) >= 11 is 5.93. The summed E-state index contributed by atoms with van der Waals surface area (Å²) in [7, 11) is 0. The highest BCUT2D eigenvalue weighted by atomic mass is 35.5. The van der Waals surface area contributed by atoms with Gasteiger partial charge in [-0.05, 0) is 68.1 Å². The van der Waals surface area contributed by atoms with Crippen molar-refractivity contribution in [1.82, 2.24) is 4.90 Å². The zero-order valence-electron chi connectivity index (χ0n) is 16.2. The molecule has 3 rings (SSSR count). The van der Waals surface area contributed by atoms with Crippen LogP contribution in [0.4, 0.5) is 5.69 Å². The van der Waals surface area contributed by atoms with E-state index in [1.807, 2.05) is 32.0 Å². The highest BCUT2D eigenvalue weighted by Crippen LogP contribution is 2.19. The molecule has 0 aromatic heterocycles. The highest BCUT2D eigenvalue weighted by molar-refractivity contribution is 6.30. The third-order valence-corrected chi connectivity index (χ3v) is 5.29. The van der Waals surface area contributed by atoms with Gasteiger partial charge in [0.15, 0.2) is 0 Å². The Morgan fingerprint density at radius 1 is 1.18 bits per heavy atom. The minimum Gasteiger partial charge on any atom is -0.376 e. The van der Waals surface area contributed by atoms with Crippen LogP contribution < -0.4 is 5.32 Å². The summed E-state index contributed by atoms with van der Waals surface area (Å²) in [6.45, 7) is 5.02. The number of benzene rings is 2. The van der Waals surface area contributed by atoms with Crippen molar-refractivity contribution in [2.24, 2.45) is 0 Å². The maximum absolute atomic E-state index is 13.0. The van der Waals surface area contributed by atoms with Crippen molar-refractivity contribution < 1.29 is 14.3 Å². The molecule has 2 amide bonds. The van der Waals surface area contributed by atoms with Crippen molar-refractivity contribution >= 4 is 29.1 Å². The number of nitrogens with one attached hydrogen (secondary N) is 1. The molecule has 0 aliphatic carbocycles. The highest BCUT2D eigenvalue weighted by Gasteiger charge is 2.25. The van der Waals surface area contributed by atoms with Crippen LogP contribution in [0.5, 0.6) is 0 Å². The molecule has 1 saturated heterocycles. The van der Waals surface area contributed by atoms with E-state index < -0.39 is 0 Å². The fourth-order valence-corrected chi connectivity index (χ4v) is 3.40. The summed E-state index contributed by atoms with van der Waals surface area (Å²) < 4.78 is 5.68. The molecule has 1 aliphatic rings. The van der Waals surface area contributed by atoms with Crippen molar-refractivity contribution in [2.75, 3.05) is 25.0 Å². The maximum Gasteiger partial charge on any atom is 0.254 e. The number of aryl methyl sites for hydroxylation is 1. The first-order valence-electron chi connectivity index (χ1n) is 9.46. The van der Waals surface area contributed by atoms with Gasteiger partial charge in [-0.15, -0.1) is 0 Å². The van der Waals surface area contributed by atoms with Crippen molar-refractivity contribution in [3.05, 3.63) is 64.2 Å². The molecule has 1 aliphatic heterocycles. The smallest absolute Gasteiger partial charge is 0.254 e. The van der Waals surface area contributed by atoms with E-state index in [0.717, 1.165) is 29.7 Å². The Morgan fingerprint density at radius 2 is 1.93 bits per heavy atom. The number of hydrogen-bond donors (Lipinski definition) is 1. The minimum atomic E-state index is -0.228. The molecule has 28 heavy (non-hydrogen) atoms. The van der Waals surface area contributed by atoms with Crippen LogP contribution in [0, 0.1) is 13.8 Å². The normalized spacial score (nSPS) is 16.0. The number of amides is 2. The molecule has 0 saturated carbocycles. The van der Waals surface area contributed by atoms with Gasteiger partial charge in [0.2, 0.25) is 5.91 Å². The molecular weight excluding hydrogens is 376 g/mol. The topological polar surface area (TPSA) is 58.6 Å². The van der Waals surface area contributed by atoms with Crippen LogP contribution in [0.1, 0.15) is 34.3 Å². The summed E-state index contributed by atoms with van der Waals surface area (Å²) in [5.74, 6) is -0.433. The molecule has 1 fully saturated rings. The summed E-state index contributed by atoms with van der Waals surface area (Å²) in [6.07, 6.45) is 1.83. The second-order valence-electron chi connectivity index (χ2n) is 7.12. The Labute approximate surface area is 170 Å². The number of ether oxygens (including phenoxy) is 1. The van der Waals surface area contributed by atoms with Gasteiger partial charge < -0.3 is 15.0 Å². The van der Waals surface area contributed by atoms with Crippen LogP contribution in [-0.2, 0) is 9.53 Å². The molecule has 2 aromatic carbocycles. The molecular formula is C22H25ClN2O3. The van der Waals surface area contributed by atoms with E-state index in [0.29, 0.717) is 23.7 Å². The van der Waals surface area contributed by atoms with Gasteiger partial charge in [-0.25, -0.2) is 0 Å². The largest absolute Gasteiger partial charge is 0.376 e. The monoisotopic (exact) mass is 400 g/mol. The summed E-state index contributed by atoms with van der Waals surface area (Å²) in [5.41, 5.74) is 3.39. The molecule has 0 bridgehead atoms. The molecule has 1 N–H and O–H groups in total. The van der Waals surface area contributed by atoms with E-state index in [-0.39, 0.29) is 24.5 Å². The molecule has 0 unspecified atom stereocenters. The van der Waals surface area contributed by atoms with E-state index in [1.165, 1.54) is 0 Å². The van der Waals surface area contributed by atoms with Crippen LogP contribution in [-0.4, -0.2) is 42.5 Å². The lowest BCUT2D eigenvalue weighted by molar-refractivity contribution is -0.117. The quantitative estimate of drug-likeness (QED) is 0.789. The van der Waals surface area contributed by atoms with Crippen molar-refractivity contribution in [1.29, 1.82) is 0 Å². The lowest BCUT2D eigenvalue weighted by Crippen LogP contribution is -2.42. The molecule has 148 valence electrons. The number of rotatable bonds is 6. The van der Waals surface area contributed by atoms with E-state index in [9.17, 15) is 9.59 Å². The Balaban J connectivity index is 1.74. The SMILES string of the molecule is Cc1cccc(NC(=O)CN(C[C@@H]2CCCO2)C(=O)c2ccc(Cl)cc2)c1C. The zero-order valence-corrected chi connectivity index (χ0v) is 17.0.